The molecular formula is C20H44N10O4. The minimum Gasteiger partial charge on any atom is -0.355 e. The predicted octanol–water partition coefficient (Wildman–Crippen LogP) is -5.33. The molecule has 34 heavy (non-hydrogen) atoms. The highest BCUT2D eigenvalue weighted by atomic mass is 16.2. The van der Waals surface area contributed by atoms with Crippen molar-refractivity contribution in [2.24, 2.45) is 22.9 Å². The summed E-state index contributed by atoms with van der Waals surface area (Å²) in [5, 5.41) is 10.8. The lowest BCUT2D eigenvalue weighted by Crippen LogP contribution is -2.46. The largest absolute Gasteiger partial charge is 0.355 e. The molecular weight excluding hydrogens is 444 g/mol. The Hall–Kier alpha value is -2.36. The summed E-state index contributed by atoms with van der Waals surface area (Å²) in [6.45, 7) is 4.48. The molecule has 0 aliphatic heterocycles. The van der Waals surface area contributed by atoms with Gasteiger partial charge >= 0.3 is 0 Å². The number of rotatable bonds is 21. The molecule has 4 amide bonds. The van der Waals surface area contributed by atoms with Crippen molar-refractivity contribution < 1.29 is 19.2 Å². The fourth-order valence-corrected chi connectivity index (χ4v) is 2.88. The topological polar surface area (TPSA) is 227 Å². The van der Waals surface area contributed by atoms with E-state index < -0.39 is 0 Å². The standard InChI is InChI=1S/C20H44N10O4/c21-3-7-25-17(31)1-11-29(15-19(33)27-9-5-23)13-14-30(16-20(34)28-10-6-24)12-2-18(32)26-8-4-22/h1-16,21-24H2,(H,25,31)(H,26,32)(H,27,33)(H,28,34). The van der Waals surface area contributed by atoms with Crippen LogP contribution in [0.2, 0.25) is 0 Å². The lowest BCUT2D eigenvalue weighted by Gasteiger charge is -2.27. The highest BCUT2D eigenvalue weighted by Crippen LogP contribution is 1.98. The average Bonchev–Trinajstić information content (AvgIpc) is 2.83. The molecule has 14 heteroatoms. The molecule has 0 saturated carbocycles. The summed E-state index contributed by atoms with van der Waals surface area (Å²) in [5.74, 6) is -0.734. The maximum atomic E-state index is 12.2. The molecule has 0 spiro atoms. The first-order valence-electron chi connectivity index (χ1n) is 11.7. The zero-order valence-electron chi connectivity index (χ0n) is 20.2. The van der Waals surface area contributed by atoms with Gasteiger partial charge in [-0.15, -0.1) is 0 Å². The first-order valence-corrected chi connectivity index (χ1v) is 11.7. The van der Waals surface area contributed by atoms with Crippen molar-refractivity contribution in [3.8, 4) is 0 Å². The van der Waals surface area contributed by atoms with Crippen molar-refractivity contribution in [1.29, 1.82) is 0 Å². The van der Waals surface area contributed by atoms with E-state index in [9.17, 15) is 19.2 Å². The van der Waals surface area contributed by atoms with Crippen LogP contribution in [0, 0.1) is 0 Å². The van der Waals surface area contributed by atoms with E-state index in [0.29, 0.717) is 78.5 Å². The molecule has 198 valence electrons. The number of carbonyl (C=O) groups is 4. The molecule has 0 aliphatic rings. The molecule has 0 aromatic carbocycles. The van der Waals surface area contributed by atoms with Crippen LogP contribution >= 0.6 is 0 Å². The number of hydrogen-bond donors (Lipinski definition) is 8. The van der Waals surface area contributed by atoms with Gasteiger partial charge in [-0.3, -0.25) is 29.0 Å². The van der Waals surface area contributed by atoms with Gasteiger partial charge in [-0.25, -0.2) is 0 Å². The SMILES string of the molecule is NCCNC(=O)CCN(CCN(CCC(=O)NCCN)CC(=O)NCCN)CC(=O)NCCN. The van der Waals surface area contributed by atoms with E-state index in [1.54, 1.807) is 0 Å². The van der Waals surface area contributed by atoms with E-state index >= 15 is 0 Å². The zero-order chi connectivity index (χ0) is 25.6. The van der Waals surface area contributed by atoms with E-state index in [-0.39, 0.29) is 49.6 Å². The monoisotopic (exact) mass is 488 g/mol. The Morgan fingerprint density at radius 1 is 0.471 bits per heavy atom. The minimum atomic E-state index is -0.207. The predicted molar refractivity (Wildman–Crippen MR) is 130 cm³/mol. The lowest BCUT2D eigenvalue weighted by molar-refractivity contribution is -0.125. The summed E-state index contributed by atoms with van der Waals surface area (Å²) < 4.78 is 0. The van der Waals surface area contributed by atoms with Crippen LogP contribution in [0.15, 0.2) is 0 Å². The summed E-state index contributed by atoms with van der Waals surface area (Å²) in [5.41, 5.74) is 21.7. The van der Waals surface area contributed by atoms with Crippen LogP contribution in [-0.4, -0.2) is 125 Å². The molecule has 0 atom stereocenters. The van der Waals surface area contributed by atoms with Crippen LogP contribution in [0.5, 0.6) is 0 Å². The smallest absolute Gasteiger partial charge is 0.234 e. The van der Waals surface area contributed by atoms with E-state index in [1.165, 1.54) is 0 Å². The van der Waals surface area contributed by atoms with Gasteiger partial charge in [0, 0.05) is 91.4 Å². The average molecular weight is 489 g/mol. The Kier molecular flexibility index (Phi) is 19.7. The number of nitrogens with one attached hydrogen (secondary N) is 4. The third-order valence-corrected chi connectivity index (χ3v) is 4.64. The second kappa shape index (κ2) is 21.2. The van der Waals surface area contributed by atoms with Gasteiger partial charge in [-0.2, -0.15) is 0 Å². The number of hydrogen-bond acceptors (Lipinski definition) is 10. The normalized spacial score (nSPS) is 10.9. The number of amides is 4. The van der Waals surface area contributed by atoms with Gasteiger partial charge in [0.25, 0.3) is 0 Å². The van der Waals surface area contributed by atoms with Gasteiger partial charge in [0.2, 0.25) is 23.6 Å². The molecule has 0 rings (SSSR count). The number of nitrogens with zero attached hydrogens (tertiary/aromatic N) is 2. The Morgan fingerprint density at radius 2 is 0.765 bits per heavy atom. The van der Waals surface area contributed by atoms with Crippen LogP contribution in [0.25, 0.3) is 0 Å². The van der Waals surface area contributed by atoms with Crippen molar-refractivity contribution in [3.63, 3.8) is 0 Å². The molecule has 0 radical (unpaired) electrons. The zero-order valence-corrected chi connectivity index (χ0v) is 20.2. The van der Waals surface area contributed by atoms with Crippen molar-refractivity contribution in [1.82, 2.24) is 31.1 Å². The summed E-state index contributed by atoms with van der Waals surface area (Å²) >= 11 is 0. The quantitative estimate of drug-likeness (QED) is 0.0765. The second-order valence-electron chi connectivity index (χ2n) is 7.61. The van der Waals surface area contributed by atoms with E-state index in [0.717, 1.165) is 0 Å². The van der Waals surface area contributed by atoms with E-state index in [2.05, 4.69) is 21.3 Å². The molecule has 0 saturated heterocycles. The molecule has 0 bridgehead atoms. The van der Waals surface area contributed by atoms with Gasteiger partial charge in [-0.1, -0.05) is 0 Å². The van der Waals surface area contributed by atoms with Crippen molar-refractivity contribution >= 4 is 23.6 Å². The molecule has 12 N–H and O–H groups in total. The summed E-state index contributed by atoms with van der Waals surface area (Å²) in [7, 11) is 0. The van der Waals surface area contributed by atoms with Crippen LogP contribution in [0.1, 0.15) is 12.8 Å². The van der Waals surface area contributed by atoms with Gasteiger partial charge in [0.15, 0.2) is 0 Å². The van der Waals surface area contributed by atoms with Crippen molar-refractivity contribution in [3.05, 3.63) is 0 Å². The molecule has 0 aromatic rings. The fourth-order valence-electron chi connectivity index (χ4n) is 2.88. The first-order chi connectivity index (χ1) is 16.4. The van der Waals surface area contributed by atoms with Crippen LogP contribution in [-0.2, 0) is 19.2 Å². The van der Waals surface area contributed by atoms with E-state index in [4.69, 9.17) is 22.9 Å². The maximum Gasteiger partial charge on any atom is 0.234 e. The van der Waals surface area contributed by atoms with Gasteiger partial charge in [0.1, 0.15) is 0 Å². The molecule has 0 fully saturated rings. The van der Waals surface area contributed by atoms with Crippen LogP contribution in [0.3, 0.4) is 0 Å². The van der Waals surface area contributed by atoms with Gasteiger partial charge < -0.3 is 44.2 Å². The third kappa shape index (κ3) is 18.1. The Labute approximate surface area is 201 Å². The number of carbonyl (C=O) groups excluding carboxylic acids is 4. The highest BCUT2D eigenvalue weighted by Gasteiger charge is 2.17. The first kappa shape index (κ1) is 31.6. The van der Waals surface area contributed by atoms with Crippen LogP contribution < -0.4 is 44.2 Å². The molecule has 0 heterocycles. The fraction of sp³-hybridized carbons (Fsp3) is 0.800. The summed E-state index contributed by atoms with van der Waals surface area (Å²) in [6.07, 6.45) is 0.394. The van der Waals surface area contributed by atoms with Crippen LogP contribution in [0.4, 0.5) is 0 Å². The highest BCUT2D eigenvalue weighted by molar-refractivity contribution is 5.79. The Bertz CT molecular complexity index is 544. The minimum absolute atomic E-state index is 0.0777. The third-order valence-electron chi connectivity index (χ3n) is 4.64. The Morgan fingerprint density at radius 3 is 1.06 bits per heavy atom. The summed E-state index contributed by atoms with van der Waals surface area (Å²) in [6, 6.07) is 0. The Balaban J connectivity index is 5.01. The van der Waals surface area contributed by atoms with Gasteiger partial charge in [0.05, 0.1) is 13.1 Å². The maximum absolute atomic E-state index is 12.2. The van der Waals surface area contributed by atoms with E-state index in [1.807, 2.05) is 9.80 Å². The molecule has 0 unspecified atom stereocenters. The molecule has 0 aliphatic carbocycles. The molecule has 0 aromatic heterocycles. The van der Waals surface area contributed by atoms with Gasteiger partial charge in [-0.05, 0) is 0 Å². The lowest BCUT2D eigenvalue weighted by atomic mass is 10.3. The molecule has 14 nitrogen and oxygen atoms in total. The van der Waals surface area contributed by atoms with Crippen molar-refractivity contribution in [2.75, 3.05) is 91.6 Å². The number of nitrogens with two attached hydrogens (primary N) is 4. The summed E-state index contributed by atoms with van der Waals surface area (Å²) in [4.78, 5) is 52.0. The van der Waals surface area contributed by atoms with Crippen molar-refractivity contribution in [2.45, 2.75) is 12.8 Å². The second-order valence-corrected chi connectivity index (χ2v) is 7.61.